The van der Waals surface area contributed by atoms with Crippen molar-refractivity contribution < 1.29 is 23.1 Å². The van der Waals surface area contributed by atoms with Gasteiger partial charge >= 0.3 is 0 Å². The van der Waals surface area contributed by atoms with Gasteiger partial charge in [0.15, 0.2) is 0 Å². The summed E-state index contributed by atoms with van der Waals surface area (Å²) >= 11 is 1.59. The molecule has 1 fully saturated rings. The Kier molecular flexibility index (Phi) is 6.89. The zero-order valence-electron chi connectivity index (χ0n) is 15.7. The largest absolute Gasteiger partial charge is 0.396 e. The molecule has 0 unspecified atom stereocenters. The SMILES string of the molecule is Cn1cc(S(=O)(=O)N2CCOCC2)cc1C(=O)NC[C@@H](CO)Cc1ccsc1. The van der Waals surface area contributed by atoms with E-state index in [1.807, 2.05) is 16.8 Å². The van der Waals surface area contributed by atoms with Crippen molar-refractivity contribution in [2.24, 2.45) is 13.0 Å². The molecule has 2 aromatic heterocycles. The average Bonchev–Trinajstić information content (AvgIpc) is 3.35. The molecule has 1 atom stereocenters. The topological polar surface area (TPSA) is 101 Å². The normalized spacial score (nSPS) is 16.8. The van der Waals surface area contributed by atoms with E-state index in [2.05, 4.69) is 5.32 Å². The number of aliphatic hydroxyl groups is 1. The molecule has 154 valence electrons. The second kappa shape index (κ2) is 9.19. The zero-order valence-corrected chi connectivity index (χ0v) is 17.3. The quantitative estimate of drug-likeness (QED) is 0.646. The average molecular weight is 428 g/mol. The van der Waals surface area contributed by atoms with Gasteiger partial charge in [-0.2, -0.15) is 15.6 Å². The molecule has 1 aliphatic rings. The Morgan fingerprint density at radius 1 is 1.39 bits per heavy atom. The van der Waals surface area contributed by atoms with Crippen molar-refractivity contribution in [3.63, 3.8) is 0 Å². The smallest absolute Gasteiger partial charge is 0.267 e. The Bertz CT molecular complexity index is 886. The first-order chi connectivity index (χ1) is 13.4. The van der Waals surface area contributed by atoms with Crippen LogP contribution in [0, 0.1) is 5.92 Å². The summed E-state index contributed by atoms with van der Waals surface area (Å²) in [6.45, 7) is 1.61. The van der Waals surface area contributed by atoms with Crippen molar-refractivity contribution >= 4 is 27.3 Å². The number of carbonyl (C=O) groups excluding carboxylic acids is 1. The summed E-state index contributed by atoms with van der Waals surface area (Å²) in [5, 5.41) is 16.4. The Morgan fingerprint density at radius 3 is 2.79 bits per heavy atom. The van der Waals surface area contributed by atoms with Crippen molar-refractivity contribution in [1.82, 2.24) is 14.2 Å². The first-order valence-corrected chi connectivity index (χ1v) is 11.4. The number of aliphatic hydroxyl groups excluding tert-OH is 1. The third-order valence-corrected chi connectivity index (χ3v) is 7.33. The molecular formula is C18H25N3O5S2. The predicted octanol–water partition coefficient (Wildman–Crippen LogP) is 0.689. The lowest BCUT2D eigenvalue weighted by molar-refractivity contribution is 0.0730. The summed E-state index contributed by atoms with van der Waals surface area (Å²) < 4.78 is 33.6. The van der Waals surface area contributed by atoms with E-state index in [1.54, 1.807) is 18.4 Å². The van der Waals surface area contributed by atoms with Gasteiger partial charge in [-0.3, -0.25) is 4.79 Å². The van der Waals surface area contributed by atoms with Crippen LogP contribution in [0.25, 0.3) is 0 Å². The van der Waals surface area contributed by atoms with Crippen LogP contribution in [-0.4, -0.2) is 67.8 Å². The molecule has 0 spiro atoms. The van der Waals surface area contributed by atoms with Gasteiger partial charge in [0.2, 0.25) is 10.0 Å². The third kappa shape index (κ3) is 4.81. The Labute approximate surface area is 168 Å². The molecule has 3 rings (SSSR count). The molecule has 28 heavy (non-hydrogen) atoms. The van der Waals surface area contributed by atoms with E-state index in [0.29, 0.717) is 39.3 Å². The fourth-order valence-corrected chi connectivity index (χ4v) is 5.27. The molecular weight excluding hydrogens is 402 g/mol. The molecule has 1 saturated heterocycles. The number of ether oxygens (including phenoxy) is 1. The fraction of sp³-hybridized carbons (Fsp3) is 0.500. The van der Waals surface area contributed by atoms with Crippen molar-refractivity contribution in [2.45, 2.75) is 11.3 Å². The first kappa shape index (κ1) is 21.0. The summed E-state index contributed by atoms with van der Waals surface area (Å²) in [6.07, 6.45) is 2.12. The maximum atomic E-state index is 12.8. The van der Waals surface area contributed by atoms with Gasteiger partial charge in [-0.05, 0) is 34.9 Å². The van der Waals surface area contributed by atoms with Crippen LogP contribution in [0.4, 0.5) is 0 Å². The van der Waals surface area contributed by atoms with Crippen LogP contribution in [0.5, 0.6) is 0 Å². The zero-order chi connectivity index (χ0) is 20.1. The lowest BCUT2D eigenvalue weighted by atomic mass is 10.0. The lowest BCUT2D eigenvalue weighted by Crippen LogP contribution is -2.40. The molecule has 0 bridgehead atoms. The summed E-state index contributed by atoms with van der Waals surface area (Å²) in [4.78, 5) is 12.7. The van der Waals surface area contributed by atoms with Gasteiger partial charge in [0.25, 0.3) is 5.91 Å². The molecule has 0 saturated carbocycles. The van der Waals surface area contributed by atoms with Crippen LogP contribution in [-0.2, 0) is 28.2 Å². The molecule has 1 amide bonds. The van der Waals surface area contributed by atoms with E-state index in [0.717, 1.165) is 5.56 Å². The number of rotatable bonds is 8. The number of hydrogen-bond donors (Lipinski definition) is 2. The highest BCUT2D eigenvalue weighted by Gasteiger charge is 2.28. The minimum Gasteiger partial charge on any atom is -0.396 e. The number of morpholine rings is 1. The number of aryl methyl sites for hydroxylation is 1. The molecule has 10 heteroatoms. The van der Waals surface area contributed by atoms with E-state index in [1.165, 1.54) is 21.1 Å². The molecule has 0 aromatic carbocycles. The number of carbonyl (C=O) groups is 1. The summed E-state index contributed by atoms with van der Waals surface area (Å²) in [5.41, 5.74) is 1.38. The van der Waals surface area contributed by atoms with E-state index in [4.69, 9.17) is 4.74 Å². The monoisotopic (exact) mass is 427 g/mol. The van der Waals surface area contributed by atoms with Crippen LogP contribution >= 0.6 is 11.3 Å². The highest BCUT2D eigenvalue weighted by molar-refractivity contribution is 7.89. The van der Waals surface area contributed by atoms with E-state index >= 15 is 0 Å². The number of sulfonamides is 1. The van der Waals surface area contributed by atoms with E-state index in [9.17, 15) is 18.3 Å². The Morgan fingerprint density at radius 2 is 2.14 bits per heavy atom. The number of amides is 1. The number of thiophene rings is 1. The van der Waals surface area contributed by atoms with Gasteiger partial charge in [0.1, 0.15) is 10.6 Å². The minimum absolute atomic E-state index is 0.0417. The van der Waals surface area contributed by atoms with Gasteiger partial charge in [-0.25, -0.2) is 8.42 Å². The molecule has 8 nitrogen and oxygen atoms in total. The van der Waals surface area contributed by atoms with Gasteiger partial charge in [0.05, 0.1) is 13.2 Å². The molecule has 2 N–H and O–H groups in total. The molecule has 0 radical (unpaired) electrons. The summed E-state index contributed by atoms with van der Waals surface area (Å²) in [5.74, 6) is -0.468. The summed E-state index contributed by atoms with van der Waals surface area (Å²) in [6, 6.07) is 3.39. The van der Waals surface area contributed by atoms with Gasteiger partial charge < -0.3 is 19.7 Å². The number of aromatic nitrogens is 1. The Hall–Kier alpha value is -1.72. The van der Waals surface area contributed by atoms with Crippen LogP contribution in [0.15, 0.2) is 34.0 Å². The third-order valence-electron chi connectivity index (χ3n) is 4.73. The summed E-state index contributed by atoms with van der Waals surface area (Å²) in [7, 11) is -2.01. The predicted molar refractivity (Wildman–Crippen MR) is 106 cm³/mol. The van der Waals surface area contributed by atoms with E-state index in [-0.39, 0.29) is 29.0 Å². The minimum atomic E-state index is -3.65. The van der Waals surface area contributed by atoms with Crippen LogP contribution in [0.3, 0.4) is 0 Å². The standard InChI is InChI=1S/C18H25N3O5S2/c1-20-11-16(28(24,25)21-3-5-26-6-4-21)9-17(20)18(23)19-10-15(12-22)8-14-2-7-27-13-14/h2,7,9,11,13,15,22H,3-6,8,10,12H2,1H3,(H,19,23)/t15-/m0/s1. The first-order valence-electron chi connectivity index (χ1n) is 9.06. The fourth-order valence-electron chi connectivity index (χ4n) is 3.11. The van der Waals surface area contributed by atoms with Crippen LogP contribution in [0.1, 0.15) is 16.1 Å². The molecule has 0 aliphatic carbocycles. The highest BCUT2D eigenvalue weighted by Crippen LogP contribution is 2.20. The Balaban J connectivity index is 1.65. The second-order valence-corrected chi connectivity index (χ2v) is 9.50. The number of nitrogens with zero attached hydrogens (tertiary/aromatic N) is 2. The van der Waals surface area contributed by atoms with Crippen molar-refractivity contribution in [3.8, 4) is 0 Å². The highest BCUT2D eigenvalue weighted by atomic mass is 32.2. The molecule has 1 aliphatic heterocycles. The van der Waals surface area contributed by atoms with Crippen molar-refractivity contribution in [1.29, 1.82) is 0 Å². The second-order valence-electron chi connectivity index (χ2n) is 6.78. The number of hydrogen-bond acceptors (Lipinski definition) is 6. The van der Waals surface area contributed by atoms with Crippen LogP contribution in [0.2, 0.25) is 0 Å². The lowest BCUT2D eigenvalue weighted by Gasteiger charge is -2.25. The van der Waals surface area contributed by atoms with Gasteiger partial charge in [-0.15, -0.1) is 0 Å². The number of nitrogens with one attached hydrogen (secondary N) is 1. The van der Waals surface area contributed by atoms with Gasteiger partial charge in [0, 0.05) is 45.4 Å². The van der Waals surface area contributed by atoms with Gasteiger partial charge in [-0.1, -0.05) is 0 Å². The van der Waals surface area contributed by atoms with E-state index < -0.39 is 10.0 Å². The molecule has 2 aromatic rings. The van der Waals surface area contributed by atoms with Crippen LogP contribution < -0.4 is 5.32 Å². The molecule has 3 heterocycles. The maximum Gasteiger partial charge on any atom is 0.267 e. The maximum absolute atomic E-state index is 12.8. The van der Waals surface area contributed by atoms with Crippen molar-refractivity contribution in [2.75, 3.05) is 39.5 Å². The van der Waals surface area contributed by atoms with Crippen molar-refractivity contribution in [3.05, 3.63) is 40.3 Å².